The van der Waals surface area contributed by atoms with Crippen molar-refractivity contribution in [3.05, 3.63) is 11.6 Å². The monoisotopic (exact) mass is 289 g/mol. The van der Waals surface area contributed by atoms with Gasteiger partial charge in [-0.15, -0.1) is 0 Å². The number of allylic oxidation sites excluding steroid dienone is 1. The lowest BCUT2D eigenvalue weighted by molar-refractivity contribution is -0.0339. The predicted molar refractivity (Wildman–Crippen MR) is 84.8 cm³/mol. The summed E-state index contributed by atoms with van der Waals surface area (Å²) >= 11 is 0. The molecule has 0 aromatic rings. The van der Waals surface area contributed by atoms with E-state index in [0.717, 1.165) is 0 Å². The van der Waals surface area contributed by atoms with Gasteiger partial charge in [0, 0.05) is 12.8 Å². The van der Waals surface area contributed by atoms with Crippen LogP contribution in [0.15, 0.2) is 11.6 Å². The van der Waals surface area contributed by atoms with Crippen LogP contribution in [0.4, 0.5) is 0 Å². The molecule has 2 atom stereocenters. The molecular weight excluding hydrogens is 252 g/mol. The first-order chi connectivity index (χ1) is 10.3. The van der Waals surface area contributed by atoms with E-state index in [1.165, 1.54) is 6.08 Å². The highest BCUT2D eigenvalue weighted by Crippen LogP contribution is 2.41. The van der Waals surface area contributed by atoms with Crippen LogP contribution in [0.5, 0.6) is 0 Å². The van der Waals surface area contributed by atoms with Gasteiger partial charge < -0.3 is 9.53 Å². The number of rotatable bonds is 3. The summed E-state index contributed by atoms with van der Waals surface area (Å²) in [6.45, 7) is 11.2. The summed E-state index contributed by atoms with van der Waals surface area (Å²) in [5.41, 5.74) is -1.38. The first-order valence-electron chi connectivity index (χ1n) is 9.42. The van der Waals surface area contributed by atoms with Gasteiger partial charge in [0.2, 0.25) is 0 Å². The average molecular weight is 290 g/mol. The van der Waals surface area contributed by atoms with Crippen LogP contribution in [0, 0.1) is 5.92 Å². The van der Waals surface area contributed by atoms with Crippen LogP contribution in [0.1, 0.15) is 61.1 Å². The third kappa shape index (κ3) is 4.17. The Morgan fingerprint density at radius 1 is 1.37 bits per heavy atom. The normalized spacial score (nSPS) is 33.5. The summed E-state index contributed by atoms with van der Waals surface area (Å²) in [6.07, 6.45) is -1.24. The second-order valence-electron chi connectivity index (χ2n) is 7.56. The lowest BCUT2D eigenvalue weighted by Gasteiger charge is -2.44. The molecule has 0 spiro atoms. The fourth-order valence-electron chi connectivity index (χ4n) is 1.96. The zero-order valence-corrected chi connectivity index (χ0v) is 14.3. The van der Waals surface area contributed by atoms with E-state index in [0.29, 0.717) is 0 Å². The summed E-state index contributed by atoms with van der Waals surface area (Å²) < 4.78 is 45.7. The minimum Gasteiger partial charge on any atom is -0.410 e. The molecule has 0 aliphatic heterocycles. The van der Waals surface area contributed by atoms with Crippen LogP contribution < -0.4 is 0 Å². The molecule has 0 amide bonds. The molecule has 3 heteroatoms. The Kier molecular flexibility index (Phi) is 2.97. The van der Waals surface area contributed by atoms with Gasteiger partial charge in [-0.3, -0.25) is 0 Å². The van der Waals surface area contributed by atoms with Crippen LogP contribution in [-0.2, 0) is 4.43 Å². The maximum Gasteiger partial charge on any atom is 0.192 e. The van der Waals surface area contributed by atoms with Crippen LogP contribution in [0.3, 0.4) is 0 Å². The second kappa shape index (κ2) is 5.34. The van der Waals surface area contributed by atoms with Crippen LogP contribution >= 0.6 is 0 Å². The smallest absolute Gasteiger partial charge is 0.192 e. The van der Waals surface area contributed by atoms with Gasteiger partial charge in [-0.25, -0.2) is 0 Å². The Morgan fingerprint density at radius 3 is 2.37 bits per heavy atom. The van der Waals surface area contributed by atoms with E-state index in [9.17, 15) is 5.11 Å². The Bertz CT molecular complexity index is 498. The highest BCUT2D eigenvalue weighted by atomic mass is 28.4. The zero-order valence-electron chi connectivity index (χ0n) is 18.3. The molecule has 0 heterocycles. The van der Waals surface area contributed by atoms with Crippen molar-refractivity contribution < 1.29 is 16.4 Å². The van der Waals surface area contributed by atoms with Gasteiger partial charge in [-0.2, -0.15) is 0 Å². The molecule has 2 nitrogen and oxygen atoms in total. The Morgan fingerprint density at radius 2 is 1.95 bits per heavy atom. The molecule has 0 bridgehead atoms. The maximum atomic E-state index is 10.5. The minimum absolute atomic E-state index is 0.0679. The van der Waals surface area contributed by atoms with E-state index in [-0.39, 0.29) is 17.0 Å². The summed E-state index contributed by atoms with van der Waals surface area (Å²) in [5, 5.41) is 10.5. The quantitative estimate of drug-likeness (QED) is 0.612. The molecule has 112 valence electrons. The third-order valence-electron chi connectivity index (χ3n) is 4.38. The largest absolute Gasteiger partial charge is 0.410 e. The topological polar surface area (TPSA) is 29.5 Å². The van der Waals surface area contributed by atoms with Crippen LogP contribution in [0.25, 0.3) is 0 Å². The fraction of sp³-hybridized carbons (Fsp3) is 0.875. The summed E-state index contributed by atoms with van der Waals surface area (Å²) in [5.74, 6) is -0.507. The van der Waals surface area contributed by atoms with Gasteiger partial charge in [0.1, 0.15) is 0 Å². The van der Waals surface area contributed by atoms with Crippen molar-refractivity contribution in [1.29, 1.82) is 0 Å². The Hall–Kier alpha value is -0.123. The van der Waals surface area contributed by atoms with Gasteiger partial charge in [0.25, 0.3) is 0 Å². The van der Waals surface area contributed by atoms with Crippen molar-refractivity contribution in [3.63, 3.8) is 0 Å². The maximum absolute atomic E-state index is 10.5. The summed E-state index contributed by atoms with van der Waals surface area (Å²) in [7, 11) is -2.21. The summed E-state index contributed by atoms with van der Waals surface area (Å²) in [6, 6.07) is 0. The third-order valence-corrected chi connectivity index (χ3v) is 8.86. The zero-order chi connectivity index (χ0) is 19.4. The number of hydrogen-bond donors (Lipinski definition) is 1. The Labute approximate surface area is 127 Å². The van der Waals surface area contributed by atoms with E-state index in [1.807, 2.05) is 0 Å². The highest BCUT2D eigenvalue weighted by Gasteiger charge is 2.43. The molecule has 0 radical (unpaired) electrons. The molecule has 1 aliphatic carbocycles. The van der Waals surface area contributed by atoms with Gasteiger partial charge in [0.05, 0.1) is 11.7 Å². The first-order valence-corrected chi connectivity index (χ1v) is 9.83. The van der Waals surface area contributed by atoms with Gasteiger partial charge in [-0.05, 0) is 51.6 Å². The van der Waals surface area contributed by atoms with Gasteiger partial charge in [0.15, 0.2) is 8.32 Å². The predicted octanol–water partition coefficient (Wildman–Crippen LogP) is 4.50. The molecule has 1 unspecified atom stereocenters. The minimum atomic E-state index is -2.51. The molecule has 0 fully saturated rings. The van der Waals surface area contributed by atoms with Gasteiger partial charge >= 0.3 is 0 Å². The summed E-state index contributed by atoms with van der Waals surface area (Å²) in [4.78, 5) is 0. The van der Waals surface area contributed by atoms with E-state index in [1.54, 1.807) is 13.8 Å². The molecule has 0 aromatic carbocycles. The Balaban J connectivity index is 3.39. The van der Waals surface area contributed by atoms with Crippen molar-refractivity contribution in [1.82, 2.24) is 0 Å². The van der Waals surface area contributed by atoms with Crippen molar-refractivity contribution in [2.45, 2.75) is 84.1 Å². The van der Waals surface area contributed by atoms with Crippen molar-refractivity contribution >= 4 is 8.32 Å². The van der Waals surface area contributed by atoms with Crippen LogP contribution in [0.2, 0.25) is 18.1 Å². The molecule has 0 saturated heterocycles. The molecule has 1 rings (SSSR count). The van der Waals surface area contributed by atoms with E-state index in [4.69, 9.17) is 11.3 Å². The van der Waals surface area contributed by atoms with Crippen molar-refractivity contribution in [2.75, 3.05) is 0 Å². The molecule has 1 N–H and O–H groups in total. The highest BCUT2D eigenvalue weighted by molar-refractivity contribution is 6.74. The SMILES string of the molecule is [2H]C([2H])([2H])C1=CC(O[Si](C)(C)C(C)(C)C)[C@H](C(C)(C)O)CC1([2H])[2H]. The number of hydrogen-bond acceptors (Lipinski definition) is 2. The molecule has 0 aromatic heterocycles. The lowest BCUT2D eigenvalue weighted by Crippen LogP contribution is -2.50. The van der Waals surface area contributed by atoms with Crippen molar-refractivity contribution in [2.24, 2.45) is 5.92 Å². The standard InChI is InChI=1S/C16H32O2Si/c1-12-9-10-13(16(5,6)17)14(11-12)18-19(7,8)15(2,3)4/h11,13-14,17H,9-10H2,1-8H3/t13-,14?/m1/s1/i1D3,9D2. The molecule has 0 saturated carbocycles. The van der Waals surface area contributed by atoms with E-state index >= 15 is 0 Å². The molecular formula is C16H32O2Si. The number of aliphatic hydroxyl groups is 1. The van der Waals surface area contributed by atoms with E-state index in [2.05, 4.69) is 33.9 Å². The van der Waals surface area contributed by atoms with Crippen molar-refractivity contribution in [3.8, 4) is 0 Å². The lowest BCUT2D eigenvalue weighted by atomic mass is 9.78. The average Bonchev–Trinajstić information content (AvgIpc) is 2.25. The second-order valence-corrected chi connectivity index (χ2v) is 12.3. The first kappa shape index (κ1) is 10.6. The van der Waals surface area contributed by atoms with Gasteiger partial charge in [-0.1, -0.05) is 32.4 Å². The van der Waals surface area contributed by atoms with E-state index < -0.39 is 39.2 Å². The molecule has 1 aliphatic rings. The fourth-order valence-corrected chi connectivity index (χ4v) is 3.23. The van der Waals surface area contributed by atoms with Crippen LogP contribution in [-0.4, -0.2) is 25.1 Å². The molecule has 19 heavy (non-hydrogen) atoms.